The predicted octanol–water partition coefficient (Wildman–Crippen LogP) is -0.793. The fourth-order valence-corrected chi connectivity index (χ4v) is 0.793. The Balaban J connectivity index is 2.44. The van der Waals surface area contributed by atoms with Crippen molar-refractivity contribution in [1.29, 1.82) is 0 Å². The Hall–Kier alpha value is -1.43. The zero-order valence-corrected chi connectivity index (χ0v) is 7.41. The summed E-state index contributed by atoms with van der Waals surface area (Å²) in [5, 5.41) is 6.22. The van der Waals surface area contributed by atoms with E-state index in [9.17, 15) is 4.79 Å². The Morgan fingerprint density at radius 2 is 2.46 bits per heavy atom. The number of hydrogen-bond donors (Lipinski definition) is 2. The number of amides is 1. The van der Waals surface area contributed by atoms with Gasteiger partial charge >= 0.3 is 0 Å². The number of carbonyl (C=O) groups excluding carboxylic acids is 1. The lowest BCUT2D eigenvalue weighted by Crippen LogP contribution is -2.19. The third kappa shape index (κ3) is 3.20. The number of nitrogens with one attached hydrogen (secondary N) is 1. The fourth-order valence-electron chi connectivity index (χ4n) is 0.793. The van der Waals surface area contributed by atoms with Gasteiger partial charge in [0, 0.05) is 13.3 Å². The van der Waals surface area contributed by atoms with Crippen LogP contribution in [0.25, 0.3) is 0 Å². The van der Waals surface area contributed by atoms with E-state index in [1.54, 1.807) is 0 Å². The maximum absolute atomic E-state index is 10.5. The van der Waals surface area contributed by atoms with Gasteiger partial charge in [0.1, 0.15) is 0 Å². The maximum Gasteiger partial charge on any atom is 0.246 e. The van der Waals surface area contributed by atoms with Crippen molar-refractivity contribution in [2.45, 2.75) is 19.9 Å². The average Bonchev–Trinajstić information content (AvgIpc) is 2.50. The minimum atomic E-state index is -0.126. The lowest BCUT2D eigenvalue weighted by Gasteiger charge is -1.93. The molecular formula is C7H12N4O2. The van der Waals surface area contributed by atoms with Crippen molar-refractivity contribution < 1.29 is 9.32 Å². The number of rotatable bonds is 4. The molecule has 0 aliphatic heterocycles. The Morgan fingerprint density at radius 3 is 3.08 bits per heavy atom. The summed E-state index contributed by atoms with van der Waals surface area (Å²) in [4.78, 5) is 14.5. The van der Waals surface area contributed by atoms with Crippen molar-refractivity contribution in [3.63, 3.8) is 0 Å². The van der Waals surface area contributed by atoms with E-state index >= 15 is 0 Å². The van der Waals surface area contributed by atoms with E-state index in [0.29, 0.717) is 24.7 Å². The van der Waals surface area contributed by atoms with Gasteiger partial charge in [0.05, 0.1) is 6.54 Å². The monoisotopic (exact) mass is 184 g/mol. The van der Waals surface area contributed by atoms with Crippen LogP contribution in [0, 0.1) is 0 Å². The molecule has 0 unspecified atom stereocenters. The van der Waals surface area contributed by atoms with Gasteiger partial charge in [-0.15, -0.1) is 0 Å². The molecule has 0 atom stereocenters. The Labute approximate surface area is 75.5 Å². The molecule has 0 spiro atoms. The number of nitrogens with two attached hydrogens (primary N) is 1. The van der Waals surface area contributed by atoms with Crippen LogP contribution >= 0.6 is 0 Å². The summed E-state index contributed by atoms with van der Waals surface area (Å²) in [5.41, 5.74) is 5.30. The van der Waals surface area contributed by atoms with Crippen molar-refractivity contribution in [3.05, 3.63) is 11.7 Å². The SMILES string of the molecule is CC(=O)NCc1nc(CCN)no1. The minimum absolute atomic E-state index is 0.126. The third-order valence-corrected chi connectivity index (χ3v) is 1.37. The standard InChI is InChI=1S/C7H12N4O2/c1-5(12)9-4-7-10-6(2-3-8)11-13-7/h2-4,8H2,1H3,(H,9,12). The number of hydrogen-bond acceptors (Lipinski definition) is 5. The summed E-state index contributed by atoms with van der Waals surface area (Å²) < 4.78 is 4.84. The van der Waals surface area contributed by atoms with Gasteiger partial charge in [-0.05, 0) is 6.54 Å². The van der Waals surface area contributed by atoms with Gasteiger partial charge in [0.25, 0.3) is 0 Å². The summed E-state index contributed by atoms with van der Waals surface area (Å²) in [7, 11) is 0. The van der Waals surface area contributed by atoms with Gasteiger partial charge < -0.3 is 15.6 Å². The van der Waals surface area contributed by atoms with E-state index < -0.39 is 0 Å². The summed E-state index contributed by atoms with van der Waals surface area (Å²) in [6, 6.07) is 0. The molecule has 1 amide bonds. The normalized spacial score (nSPS) is 10.0. The molecule has 1 aromatic heterocycles. The van der Waals surface area contributed by atoms with E-state index in [-0.39, 0.29) is 12.5 Å². The third-order valence-electron chi connectivity index (χ3n) is 1.37. The molecule has 6 nitrogen and oxygen atoms in total. The quantitative estimate of drug-likeness (QED) is 0.639. The first-order valence-electron chi connectivity index (χ1n) is 3.98. The minimum Gasteiger partial charge on any atom is -0.347 e. The van der Waals surface area contributed by atoms with Crippen LogP contribution in [-0.4, -0.2) is 22.6 Å². The van der Waals surface area contributed by atoms with Crippen molar-refractivity contribution in [3.8, 4) is 0 Å². The van der Waals surface area contributed by atoms with Crippen LogP contribution in [0.1, 0.15) is 18.6 Å². The second-order valence-corrected chi connectivity index (χ2v) is 2.55. The zero-order chi connectivity index (χ0) is 9.68. The summed E-state index contributed by atoms with van der Waals surface area (Å²) >= 11 is 0. The maximum atomic E-state index is 10.5. The van der Waals surface area contributed by atoms with E-state index in [4.69, 9.17) is 10.3 Å². The second kappa shape index (κ2) is 4.56. The smallest absolute Gasteiger partial charge is 0.246 e. The van der Waals surface area contributed by atoms with E-state index in [0.717, 1.165) is 0 Å². The highest BCUT2D eigenvalue weighted by molar-refractivity contribution is 5.72. The second-order valence-electron chi connectivity index (χ2n) is 2.55. The van der Waals surface area contributed by atoms with Gasteiger partial charge in [-0.3, -0.25) is 4.79 Å². The van der Waals surface area contributed by atoms with E-state index in [2.05, 4.69) is 15.5 Å². The first kappa shape index (κ1) is 9.66. The van der Waals surface area contributed by atoms with Gasteiger partial charge in [0.15, 0.2) is 5.82 Å². The summed E-state index contributed by atoms with van der Waals surface area (Å²) in [5.74, 6) is 0.847. The largest absolute Gasteiger partial charge is 0.347 e. The van der Waals surface area contributed by atoms with Crippen molar-refractivity contribution >= 4 is 5.91 Å². The Kier molecular flexibility index (Phi) is 3.39. The number of carbonyl (C=O) groups is 1. The predicted molar refractivity (Wildman–Crippen MR) is 44.6 cm³/mol. The first-order valence-corrected chi connectivity index (χ1v) is 3.98. The Morgan fingerprint density at radius 1 is 1.69 bits per heavy atom. The van der Waals surface area contributed by atoms with Crippen LogP contribution in [0.2, 0.25) is 0 Å². The lowest BCUT2D eigenvalue weighted by atomic mass is 10.4. The Bertz CT molecular complexity index is 284. The van der Waals surface area contributed by atoms with Crippen LogP contribution in [0.3, 0.4) is 0 Å². The summed E-state index contributed by atoms with van der Waals surface area (Å²) in [6.07, 6.45) is 0.587. The molecule has 0 bridgehead atoms. The molecule has 6 heteroatoms. The van der Waals surface area contributed by atoms with E-state index in [1.807, 2.05) is 0 Å². The van der Waals surface area contributed by atoms with Gasteiger partial charge in [0.2, 0.25) is 11.8 Å². The van der Waals surface area contributed by atoms with Gasteiger partial charge in [-0.25, -0.2) is 0 Å². The molecule has 1 heterocycles. The molecule has 1 aromatic rings. The van der Waals surface area contributed by atoms with Crippen molar-refractivity contribution in [1.82, 2.24) is 15.5 Å². The van der Waals surface area contributed by atoms with E-state index in [1.165, 1.54) is 6.92 Å². The van der Waals surface area contributed by atoms with Crippen LogP contribution in [0.15, 0.2) is 4.52 Å². The fraction of sp³-hybridized carbons (Fsp3) is 0.571. The van der Waals surface area contributed by atoms with Gasteiger partial charge in [-0.2, -0.15) is 4.98 Å². The van der Waals surface area contributed by atoms with Crippen LogP contribution in [0.5, 0.6) is 0 Å². The average molecular weight is 184 g/mol. The van der Waals surface area contributed by atoms with Crippen molar-refractivity contribution in [2.24, 2.45) is 5.73 Å². The molecule has 13 heavy (non-hydrogen) atoms. The highest BCUT2D eigenvalue weighted by atomic mass is 16.5. The number of aromatic nitrogens is 2. The number of nitrogens with zero attached hydrogens (tertiary/aromatic N) is 2. The van der Waals surface area contributed by atoms with Crippen LogP contribution in [0.4, 0.5) is 0 Å². The van der Waals surface area contributed by atoms with Crippen LogP contribution < -0.4 is 11.1 Å². The molecule has 1 rings (SSSR count). The molecule has 0 aromatic carbocycles. The molecule has 0 aliphatic carbocycles. The first-order chi connectivity index (χ1) is 6.22. The molecule has 72 valence electrons. The molecule has 0 aliphatic rings. The van der Waals surface area contributed by atoms with Crippen LogP contribution in [-0.2, 0) is 17.8 Å². The zero-order valence-electron chi connectivity index (χ0n) is 7.41. The summed E-state index contributed by atoms with van der Waals surface area (Å²) in [6.45, 7) is 2.18. The molecule has 0 radical (unpaired) electrons. The lowest BCUT2D eigenvalue weighted by molar-refractivity contribution is -0.119. The van der Waals surface area contributed by atoms with Gasteiger partial charge in [-0.1, -0.05) is 5.16 Å². The highest BCUT2D eigenvalue weighted by Crippen LogP contribution is 1.96. The topological polar surface area (TPSA) is 94.0 Å². The molecule has 0 saturated carbocycles. The van der Waals surface area contributed by atoms with Crippen molar-refractivity contribution in [2.75, 3.05) is 6.54 Å². The molecule has 3 N–H and O–H groups in total. The molecule has 0 fully saturated rings. The highest BCUT2D eigenvalue weighted by Gasteiger charge is 2.04. The molecule has 0 saturated heterocycles. The molecular weight excluding hydrogens is 172 g/mol.